The van der Waals surface area contributed by atoms with Crippen LogP contribution in [-0.2, 0) is 4.74 Å². The standard InChI is InChI=1S/C14H18F2N2O2/c1-9(2)17-14(19)13-11(15)7-10(8-12(13)16)18-3-5-20-6-4-18/h7-9H,3-6H2,1-2H3,(H,17,19). The van der Waals surface area contributed by atoms with E-state index < -0.39 is 23.1 Å². The minimum atomic E-state index is -0.843. The predicted molar refractivity (Wildman–Crippen MR) is 72.0 cm³/mol. The van der Waals surface area contributed by atoms with E-state index in [4.69, 9.17) is 4.74 Å². The molecule has 2 rings (SSSR count). The quantitative estimate of drug-likeness (QED) is 0.922. The molecule has 0 bridgehead atoms. The molecule has 0 atom stereocenters. The highest BCUT2D eigenvalue weighted by molar-refractivity contribution is 5.95. The Morgan fingerprint density at radius 1 is 1.25 bits per heavy atom. The number of anilines is 1. The monoisotopic (exact) mass is 284 g/mol. The summed E-state index contributed by atoms with van der Waals surface area (Å²) in [6.07, 6.45) is 0. The minimum Gasteiger partial charge on any atom is -0.378 e. The second kappa shape index (κ2) is 6.17. The van der Waals surface area contributed by atoms with E-state index in [0.717, 1.165) is 0 Å². The van der Waals surface area contributed by atoms with Crippen LogP contribution in [0.4, 0.5) is 14.5 Å². The predicted octanol–water partition coefficient (Wildman–Crippen LogP) is 1.94. The minimum absolute atomic E-state index is 0.180. The number of carbonyl (C=O) groups is 1. The highest BCUT2D eigenvalue weighted by atomic mass is 19.1. The van der Waals surface area contributed by atoms with Crippen LogP contribution in [0.25, 0.3) is 0 Å². The first-order valence-corrected chi connectivity index (χ1v) is 6.61. The summed E-state index contributed by atoms with van der Waals surface area (Å²) in [5.74, 6) is -2.42. The Morgan fingerprint density at radius 2 is 1.80 bits per heavy atom. The molecule has 1 aromatic rings. The normalized spacial score (nSPS) is 15.6. The Morgan fingerprint density at radius 3 is 2.30 bits per heavy atom. The van der Waals surface area contributed by atoms with Crippen LogP contribution in [0.15, 0.2) is 12.1 Å². The van der Waals surface area contributed by atoms with E-state index in [1.54, 1.807) is 13.8 Å². The van der Waals surface area contributed by atoms with E-state index in [-0.39, 0.29) is 6.04 Å². The molecule has 6 heteroatoms. The van der Waals surface area contributed by atoms with Gasteiger partial charge in [0.1, 0.15) is 17.2 Å². The van der Waals surface area contributed by atoms with Crippen LogP contribution in [0.1, 0.15) is 24.2 Å². The highest BCUT2D eigenvalue weighted by Gasteiger charge is 2.21. The number of nitrogens with zero attached hydrogens (tertiary/aromatic N) is 1. The van der Waals surface area contributed by atoms with Gasteiger partial charge in [-0.2, -0.15) is 0 Å². The second-order valence-electron chi connectivity index (χ2n) is 5.01. The number of amides is 1. The molecule has 4 nitrogen and oxygen atoms in total. The summed E-state index contributed by atoms with van der Waals surface area (Å²) < 4.78 is 33.2. The lowest BCUT2D eigenvalue weighted by Crippen LogP contribution is -2.36. The van der Waals surface area contributed by atoms with E-state index in [0.29, 0.717) is 32.0 Å². The molecule has 0 unspecified atom stereocenters. The molecule has 20 heavy (non-hydrogen) atoms. The first-order valence-electron chi connectivity index (χ1n) is 6.61. The Labute approximate surface area is 116 Å². The molecule has 1 amide bonds. The van der Waals surface area contributed by atoms with Crippen LogP contribution < -0.4 is 10.2 Å². The smallest absolute Gasteiger partial charge is 0.257 e. The molecule has 1 fully saturated rings. The average molecular weight is 284 g/mol. The zero-order valence-electron chi connectivity index (χ0n) is 11.6. The van der Waals surface area contributed by atoms with Crippen molar-refractivity contribution in [3.8, 4) is 0 Å². The maximum Gasteiger partial charge on any atom is 0.257 e. The number of hydrogen-bond donors (Lipinski definition) is 1. The van der Waals surface area contributed by atoms with E-state index >= 15 is 0 Å². The van der Waals surface area contributed by atoms with Crippen molar-refractivity contribution in [2.75, 3.05) is 31.2 Å². The van der Waals surface area contributed by atoms with Gasteiger partial charge in [0.2, 0.25) is 0 Å². The Kier molecular flexibility index (Phi) is 4.54. The van der Waals surface area contributed by atoms with Gasteiger partial charge in [0.05, 0.1) is 13.2 Å². The van der Waals surface area contributed by atoms with Crippen molar-refractivity contribution in [3.05, 3.63) is 29.3 Å². The lowest BCUT2D eigenvalue weighted by Gasteiger charge is -2.29. The Hall–Kier alpha value is -1.69. The molecule has 1 aromatic carbocycles. The second-order valence-corrected chi connectivity index (χ2v) is 5.01. The number of nitrogens with one attached hydrogen (secondary N) is 1. The van der Waals surface area contributed by atoms with Crippen LogP contribution in [0.2, 0.25) is 0 Å². The maximum atomic E-state index is 14.0. The number of halogens is 2. The van der Waals surface area contributed by atoms with Crippen molar-refractivity contribution >= 4 is 11.6 Å². The van der Waals surface area contributed by atoms with Gasteiger partial charge < -0.3 is 15.0 Å². The summed E-state index contributed by atoms with van der Waals surface area (Å²) in [5, 5.41) is 2.49. The fraction of sp³-hybridized carbons (Fsp3) is 0.500. The largest absolute Gasteiger partial charge is 0.378 e. The van der Waals surface area contributed by atoms with Gasteiger partial charge in [-0.3, -0.25) is 4.79 Å². The van der Waals surface area contributed by atoms with Gasteiger partial charge in [0, 0.05) is 24.8 Å². The van der Waals surface area contributed by atoms with E-state index in [9.17, 15) is 13.6 Å². The number of benzene rings is 1. The lowest BCUT2D eigenvalue weighted by atomic mass is 10.1. The van der Waals surface area contributed by atoms with Gasteiger partial charge in [-0.1, -0.05) is 0 Å². The Balaban J connectivity index is 2.26. The molecule has 0 aromatic heterocycles. The molecule has 1 aliphatic rings. The fourth-order valence-electron chi connectivity index (χ4n) is 2.12. The molecule has 1 saturated heterocycles. The van der Waals surface area contributed by atoms with Crippen molar-refractivity contribution in [2.24, 2.45) is 0 Å². The summed E-state index contributed by atoms with van der Waals surface area (Å²) in [7, 11) is 0. The Bertz CT molecular complexity index is 477. The summed E-state index contributed by atoms with van der Waals surface area (Å²) >= 11 is 0. The summed E-state index contributed by atoms with van der Waals surface area (Å²) in [5.41, 5.74) is -0.0971. The topological polar surface area (TPSA) is 41.6 Å². The van der Waals surface area contributed by atoms with Crippen molar-refractivity contribution in [3.63, 3.8) is 0 Å². The van der Waals surface area contributed by atoms with Crippen LogP contribution >= 0.6 is 0 Å². The molecular weight excluding hydrogens is 266 g/mol. The van der Waals surface area contributed by atoms with Crippen LogP contribution in [-0.4, -0.2) is 38.3 Å². The van der Waals surface area contributed by atoms with E-state index in [1.807, 2.05) is 4.90 Å². The summed E-state index contributed by atoms with van der Waals surface area (Å²) in [4.78, 5) is 13.6. The number of morpholine rings is 1. The van der Waals surface area contributed by atoms with Gasteiger partial charge in [0.25, 0.3) is 5.91 Å². The molecule has 0 spiro atoms. The molecular formula is C14H18F2N2O2. The number of rotatable bonds is 3. The first-order chi connectivity index (χ1) is 9.49. The van der Waals surface area contributed by atoms with Crippen molar-refractivity contribution in [1.82, 2.24) is 5.32 Å². The third-order valence-electron chi connectivity index (χ3n) is 3.05. The van der Waals surface area contributed by atoms with Crippen molar-refractivity contribution in [1.29, 1.82) is 0 Å². The average Bonchev–Trinajstić information content (AvgIpc) is 2.38. The summed E-state index contributed by atoms with van der Waals surface area (Å²) in [6.45, 7) is 5.68. The fourth-order valence-corrected chi connectivity index (χ4v) is 2.12. The van der Waals surface area contributed by atoms with Crippen molar-refractivity contribution < 1.29 is 18.3 Å². The van der Waals surface area contributed by atoms with Gasteiger partial charge >= 0.3 is 0 Å². The van der Waals surface area contributed by atoms with E-state index in [1.165, 1.54) is 12.1 Å². The molecule has 110 valence electrons. The lowest BCUT2D eigenvalue weighted by molar-refractivity contribution is 0.0934. The first kappa shape index (κ1) is 14.7. The van der Waals surface area contributed by atoms with Crippen LogP contribution in [0.3, 0.4) is 0 Å². The third-order valence-corrected chi connectivity index (χ3v) is 3.05. The van der Waals surface area contributed by atoms with Gasteiger partial charge in [-0.15, -0.1) is 0 Å². The SMILES string of the molecule is CC(C)NC(=O)c1c(F)cc(N2CCOCC2)cc1F. The molecule has 0 aliphatic carbocycles. The number of carbonyl (C=O) groups excluding carboxylic acids is 1. The third kappa shape index (κ3) is 3.25. The molecule has 0 saturated carbocycles. The van der Waals surface area contributed by atoms with Crippen molar-refractivity contribution in [2.45, 2.75) is 19.9 Å². The maximum absolute atomic E-state index is 14.0. The zero-order chi connectivity index (χ0) is 14.7. The van der Waals surface area contributed by atoms with Crippen LogP contribution in [0.5, 0.6) is 0 Å². The summed E-state index contributed by atoms with van der Waals surface area (Å²) in [6, 6.07) is 2.22. The van der Waals surface area contributed by atoms with Crippen LogP contribution in [0, 0.1) is 11.6 Å². The number of hydrogen-bond acceptors (Lipinski definition) is 3. The van der Waals surface area contributed by atoms with Gasteiger partial charge in [0.15, 0.2) is 0 Å². The highest BCUT2D eigenvalue weighted by Crippen LogP contribution is 2.23. The number of ether oxygens (including phenoxy) is 1. The molecule has 1 aliphatic heterocycles. The van der Waals surface area contributed by atoms with Gasteiger partial charge in [-0.25, -0.2) is 8.78 Å². The molecule has 1 heterocycles. The zero-order valence-corrected chi connectivity index (χ0v) is 11.6. The van der Waals surface area contributed by atoms with E-state index in [2.05, 4.69) is 5.32 Å². The molecule has 0 radical (unpaired) electrons. The van der Waals surface area contributed by atoms with Gasteiger partial charge in [-0.05, 0) is 26.0 Å². The molecule has 1 N–H and O–H groups in total.